The van der Waals surface area contributed by atoms with Crippen molar-refractivity contribution in [2.24, 2.45) is 0 Å². The second kappa shape index (κ2) is 7.38. The van der Waals surface area contributed by atoms with Crippen LogP contribution in [-0.2, 0) is 16.1 Å². The Morgan fingerprint density at radius 1 is 1.23 bits per heavy atom. The highest BCUT2D eigenvalue weighted by molar-refractivity contribution is 6.31. The molecule has 4 rings (SSSR count). The fraction of sp³-hybridized carbons (Fsp3) is 0.300. The number of benzene rings is 2. The van der Waals surface area contributed by atoms with Crippen molar-refractivity contribution in [2.45, 2.75) is 31.9 Å². The lowest BCUT2D eigenvalue weighted by atomic mass is 10.0. The summed E-state index contributed by atoms with van der Waals surface area (Å²) in [7, 11) is 0. The number of carbonyl (C=O) groups is 1. The van der Waals surface area contributed by atoms with E-state index < -0.39 is 0 Å². The second-order valence-corrected chi connectivity index (χ2v) is 6.84. The Labute approximate surface area is 156 Å². The Morgan fingerprint density at radius 3 is 2.92 bits per heavy atom. The van der Waals surface area contributed by atoms with Crippen LogP contribution in [0.25, 0.3) is 11.1 Å². The number of oxazole rings is 1. The van der Waals surface area contributed by atoms with Crippen molar-refractivity contribution in [3.05, 3.63) is 59.1 Å². The number of fused-ring (bicyclic) bond motifs is 1. The Hall–Kier alpha value is -2.53. The van der Waals surface area contributed by atoms with E-state index in [9.17, 15) is 4.79 Å². The van der Waals surface area contributed by atoms with Gasteiger partial charge < -0.3 is 14.1 Å². The van der Waals surface area contributed by atoms with Crippen molar-refractivity contribution in [1.29, 1.82) is 0 Å². The molecule has 1 fully saturated rings. The second-order valence-electron chi connectivity index (χ2n) is 6.41. The summed E-state index contributed by atoms with van der Waals surface area (Å²) in [5.41, 5.74) is 2.32. The largest absolute Gasteiger partial charge is 0.459 e. The minimum absolute atomic E-state index is 0.242. The van der Waals surface area contributed by atoms with Crippen molar-refractivity contribution in [3.8, 4) is 0 Å². The summed E-state index contributed by atoms with van der Waals surface area (Å²) in [6.07, 6.45) is 2.70. The van der Waals surface area contributed by atoms with Crippen molar-refractivity contribution in [2.75, 3.05) is 11.4 Å². The van der Waals surface area contributed by atoms with Crippen LogP contribution in [-0.4, -0.2) is 23.5 Å². The molecule has 0 saturated carbocycles. The SMILES string of the molecule is O=C(OCc1ccccc1)C1CCCCN1c1nc2cc(Cl)ccc2o1. The zero-order valence-corrected chi connectivity index (χ0v) is 15.0. The Bertz CT molecular complexity index is 910. The first-order chi connectivity index (χ1) is 12.7. The average Bonchev–Trinajstić information content (AvgIpc) is 3.10. The molecule has 0 aliphatic carbocycles. The first kappa shape index (κ1) is 16.9. The summed E-state index contributed by atoms with van der Waals surface area (Å²) < 4.78 is 11.4. The van der Waals surface area contributed by atoms with Gasteiger partial charge in [-0.1, -0.05) is 41.9 Å². The third kappa shape index (κ3) is 3.53. The summed E-state index contributed by atoms with van der Waals surface area (Å²) in [6.45, 7) is 0.985. The highest BCUT2D eigenvalue weighted by Crippen LogP contribution is 2.29. The van der Waals surface area contributed by atoms with Crippen molar-refractivity contribution in [3.63, 3.8) is 0 Å². The molecule has 2 aromatic carbocycles. The molecule has 1 unspecified atom stereocenters. The molecular weight excluding hydrogens is 352 g/mol. The summed E-state index contributed by atoms with van der Waals surface area (Å²) >= 11 is 6.02. The maximum absolute atomic E-state index is 12.7. The number of rotatable bonds is 4. The summed E-state index contributed by atoms with van der Waals surface area (Å²) in [5.74, 6) is -0.242. The van der Waals surface area contributed by atoms with Crippen LogP contribution < -0.4 is 4.90 Å². The number of anilines is 1. The number of hydrogen-bond donors (Lipinski definition) is 0. The van der Waals surface area contributed by atoms with Gasteiger partial charge in [0.2, 0.25) is 0 Å². The lowest BCUT2D eigenvalue weighted by molar-refractivity contribution is -0.147. The average molecular weight is 371 g/mol. The molecule has 0 bridgehead atoms. The van der Waals surface area contributed by atoms with Crippen LogP contribution in [0.15, 0.2) is 52.9 Å². The molecule has 2 heterocycles. The molecule has 3 aromatic rings. The normalized spacial score (nSPS) is 17.4. The molecule has 0 N–H and O–H groups in total. The van der Waals surface area contributed by atoms with Gasteiger partial charge in [-0.2, -0.15) is 4.98 Å². The summed E-state index contributed by atoms with van der Waals surface area (Å²) in [6, 6.07) is 15.1. The minimum Gasteiger partial charge on any atom is -0.459 e. The van der Waals surface area contributed by atoms with Crippen LogP contribution in [0.2, 0.25) is 5.02 Å². The van der Waals surface area contributed by atoms with Crippen LogP contribution in [0, 0.1) is 0 Å². The summed E-state index contributed by atoms with van der Waals surface area (Å²) in [4.78, 5) is 19.1. The molecule has 5 nitrogen and oxygen atoms in total. The molecule has 1 aliphatic heterocycles. The molecule has 26 heavy (non-hydrogen) atoms. The van der Waals surface area contributed by atoms with Gasteiger partial charge in [-0.05, 0) is 43.0 Å². The standard InChI is InChI=1S/C20H19ClN2O3/c21-15-9-10-18-16(12-15)22-20(26-18)23-11-5-4-8-17(23)19(24)25-13-14-6-2-1-3-7-14/h1-3,6-7,9-10,12,17H,4-5,8,11,13H2. The van der Waals surface area contributed by atoms with E-state index in [2.05, 4.69) is 4.98 Å². The minimum atomic E-state index is -0.379. The Balaban J connectivity index is 1.52. The Morgan fingerprint density at radius 2 is 2.08 bits per heavy atom. The molecule has 1 aliphatic rings. The molecule has 134 valence electrons. The van der Waals surface area contributed by atoms with Crippen LogP contribution in [0.1, 0.15) is 24.8 Å². The van der Waals surface area contributed by atoms with E-state index in [-0.39, 0.29) is 18.6 Å². The van der Waals surface area contributed by atoms with E-state index in [0.717, 1.165) is 24.8 Å². The number of aromatic nitrogens is 1. The van der Waals surface area contributed by atoms with Crippen molar-refractivity contribution >= 4 is 34.7 Å². The number of ether oxygens (including phenoxy) is 1. The third-order valence-electron chi connectivity index (χ3n) is 4.58. The highest BCUT2D eigenvalue weighted by atomic mass is 35.5. The number of hydrogen-bond acceptors (Lipinski definition) is 5. The van der Waals surface area contributed by atoms with Gasteiger partial charge in [-0.3, -0.25) is 0 Å². The number of carbonyl (C=O) groups excluding carboxylic acids is 1. The van der Waals surface area contributed by atoms with Gasteiger partial charge in [-0.15, -0.1) is 0 Å². The quantitative estimate of drug-likeness (QED) is 0.629. The maximum atomic E-state index is 12.7. The predicted octanol–water partition coefficient (Wildman–Crippen LogP) is 4.58. The highest BCUT2D eigenvalue weighted by Gasteiger charge is 2.33. The van der Waals surface area contributed by atoms with Gasteiger partial charge >= 0.3 is 5.97 Å². The lowest BCUT2D eigenvalue weighted by Crippen LogP contribution is -2.45. The molecule has 1 aromatic heterocycles. The number of halogens is 1. The lowest BCUT2D eigenvalue weighted by Gasteiger charge is -2.32. The number of piperidine rings is 1. The van der Waals surface area contributed by atoms with Crippen LogP contribution in [0.4, 0.5) is 6.01 Å². The molecule has 1 saturated heterocycles. The zero-order valence-electron chi connectivity index (χ0n) is 14.2. The van der Waals surface area contributed by atoms with Gasteiger partial charge in [0.05, 0.1) is 0 Å². The topological polar surface area (TPSA) is 55.6 Å². The molecule has 0 radical (unpaired) electrons. The zero-order chi connectivity index (χ0) is 17.9. The van der Waals surface area contributed by atoms with E-state index in [1.54, 1.807) is 18.2 Å². The van der Waals surface area contributed by atoms with E-state index in [0.29, 0.717) is 28.7 Å². The molecule has 1 atom stereocenters. The van der Waals surface area contributed by atoms with Gasteiger partial charge in [-0.25, -0.2) is 4.79 Å². The first-order valence-corrected chi connectivity index (χ1v) is 9.12. The van der Waals surface area contributed by atoms with Gasteiger partial charge in [0, 0.05) is 11.6 Å². The molecular formula is C20H19ClN2O3. The fourth-order valence-corrected chi connectivity index (χ4v) is 3.41. The maximum Gasteiger partial charge on any atom is 0.329 e. The van der Waals surface area contributed by atoms with Crippen LogP contribution in [0.5, 0.6) is 0 Å². The molecule has 0 amide bonds. The van der Waals surface area contributed by atoms with Crippen molar-refractivity contribution in [1.82, 2.24) is 4.98 Å². The predicted molar refractivity (Wildman–Crippen MR) is 100 cm³/mol. The van der Waals surface area contributed by atoms with Crippen molar-refractivity contribution < 1.29 is 13.9 Å². The first-order valence-electron chi connectivity index (χ1n) is 8.74. The van der Waals surface area contributed by atoms with E-state index in [4.69, 9.17) is 20.8 Å². The monoisotopic (exact) mass is 370 g/mol. The van der Waals surface area contributed by atoms with Crippen LogP contribution in [0.3, 0.4) is 0 Å². The van der Waals surface area contributed by atoms with Gasteiger partial charge in [0.25, 0.3) is 6.01 Å². The van der Waals surface area contributed by atoms with E-state index in [1.165, 1.54) is 0 Å². The number of esters is 1. The van der Waals surface area contributed by atoms with E-state index >= 15 is 0 Å². The smallest absolute Gasteiger partial charge is 0.329 e. The Kier molecular flexibility index (Phi) is 4.80. The van der Waals surface area contributed by atoms with Gasteiger partial charge in [0.1, 0.15) is 18.2 Å². The number of nitrogens with zero attached hydrogens (tertiary/aromatic N) is 2. The third-order valence-corrected chi connectivity index (χ3v) is 4.82. The van der Waals surface area contributed by atoms with Crippen LogP contribution >= 0.6 is 11.6 Å². The van der Waals surface area contributed by atoms with E-state index in [1.807, 2.05) is 35.2 Å². The molecule has 0 spiro atoms. The molecule has 6 heteroatoms. The summed E-state index contributed by atoms with van der Waals surface area (Å²) in [5, 5.41) is 0.606. The fourth-order valence-electron chi connectivity index (χ4n) is 3.24. The van der Waals surface area contributed by atoms with Gasteiger partial charge in [0.15, 0.2) is 5.58 Å².